The summed E-state index contributed by atoms with van der Waals surface area (Å²) in [5.74, 6) is -0.287. The first-order valence-corrected chi connectivity index (χ1v) is 7.91. The van der Waals surface area contributed by atoms with Gasteiger partial charge in [0.25, 0.3) is 0 Å². The molecular formula is C12H19N5O2S. The maximum Gasteiger partial charge on any atom is 0.326 e. The summed E-state index contributed by atoms with van der Waals surface area (Å²) < 4.78 is 6.96. The average Bonchev–Trinajstić information content (AvgIpc) is 3.05. The van der Waals surface area contributed by atoms with Gasteiger partial charge in [-0.3, -0.25) is 4.79 Å². The van der Waals surface area contributed by atoms with E-state index in [0.717, 1.165) is 24.4 Å². The molecule has 0 spiro atoms. The summed E-state index contributed by atoms with van der Waals surface area (Å²) in [5, 5.41) is 13.0. The number of tetrazole rings is 1. The highest BCUT2D eigenvalue weighted by atomic mass is 32.2. The highest BCUT2D eigenvalue weighted by molar-refractivity contribution is 7.99. The maximum absolute atomic E-state index is 11.9. The van der Waals surface area contributed by atoms with Crippen molar-refractivity contribution >= 4 is 17.7 Å². The molecular weight excluding hydrogens is 278 g/mol. The van der Waals surface area contributed by atoms with E-state index in [4.69, 9.17) is 10.5 Å². The topological polar surface area (TPSA) is 95.9 Å². The molecule has 3 rings (SSSR count). The molecule has 0 aromatic carbocycles. The van der Waals surface area contributed by atoms with E-state index in [1.807, 2.05) is 4.68 Å². The van der Waals surface area contributed by atoms with Gasteiger partial charge < -0.3 is 10.5 Å². The fourth-order valence-corrected chi connectivity index (χ4v) is 3.84. The van der Waals surface area contributed by atoms with Crippen molar-refractivity contribution in [3.05, 3.63) is 0 Å². The Morgan fingerprint density at radius 2 is 2.35 bits per heavy atom. The summed E-state index contributed by atoms with van der Waals surface area (Å²) in [5.41, 5.74) is 5.33. The molecule has 2 atom stereocenters. The lowest BCUT2D eigenvalue weighted by atomic mass is 10.00. The van der Waals surface area contributed by atoms with Crippen LogP contribution < -0.4 is 5.73 Å². The Balaban J connectivity index is 1.62. The number of carbonyl (C=O) groups is 1. The van der Waals surface area contributed by atoms with Crippen LogP contribution in [0.15, 0.2) is 5.16 Å². The van der Waals surface area contributed by atoms with Gasteiger partial charge in [-0.15, -0.1) is 5.10 Å². The lowest BCUT2D eigenvalue weighted by Crippen LogP contribution is -2.47. The molecule has 2 unspecified atom stereocenters. The summed E-state index contributed by atoms with van der Waals surface area (Å²) in [7, 11) is 0. The maximum atomic E-state index is 11.9. The largest absolute Gasteiger partial charge is 0.465 e. The van der Waals surface area contributed by atoms with Crippen molar-refractivity contribution in [3.8, 4) is 0 Å². The van der Waals surface area contributed by atoms with Crippen LogP contribution in [0, 0.1) is 0 Å². The second-order valence-electron chi connectivity index (χ2n) is 5.50. The molecule has 110 valence electrons. The number of ether oxygens (including phenoxy) is 1. The normalized spacial score (nSPS) is 29.6. The minimum Gasteiger partial charge on any atom is -0.465 e. The lowest BCUT2D eigenvalue weighted by molar-refractivity contribution is -0.149. The molecule has 20 heavy (non-hydrogen) atoms. The number of hydrogen-bond donors (Lipinski definition) is 1. The van der Waals surface area contributed by atoms with E-state index in [9.17, 15) is 4.79 Å². The molecule has 2 N–H and O–H groups in total. The van der Waals surface area contributed by atoms with Crippen molar-refractivity contribution in [2.45, 2.75) is 61.0 Å². The quantitative estimate of drug-likeness (QED) is 0.807. The van der Waals surface area contributed by atoms with E-state index >= 15 is 0 Å². The molecule has 2 aliphatic carbocycles. The van der Waals surface area contributed by atoms with Crippen molar-refractivity contribution < 1.29 is 9.53 Å². The van der Waals surface area contributed by atoms with Crippen molar-refractivity contribution in [3.63, 3.8) is 0 Å². The Kier molecular flexibility index (Phi) is 3.68. The molecule has 2 aliphatic rings. The Morgan fingerprint density at radius 3 is 3.05 bits per heavy atom. The number of esters is 1. The lowest BCUT2D eigenvalue weighted by Gasteiger charge is -2.21. The number of nitrogens with zero attached hydrogens (tertiary/aromatic N) is 4. The van der Waals surface area contributed by atoms with Gasteiger partial charge in [-0.05, 0) is 49.5 Å². The summed E-state index contributed by atoms with van der Waals surface area (Å²) in [4.78, 5) is 11.9. The minimum atomic E-state index is -0.842. The van der Waals surface area contributed by atoms with E-state index in [1.165, 1.54) is 0 Å². The third-order valence-electron chi connectivity index (χ3n) is 3.81. The van der Waals surface area contributed by atoms with Crippen LogP contribution in [0.4, 0.5) is 0 Å². The third kappa shape index (κ3) is 2.67. The second-order valence-corrected chi connectivity index (χ2v) is 6.76. The number of rotatable bonds is 5. The highest BCUT2D eigenvalue weighted by Gasteiger charge is 2.44. The fraction of sp³-hybridized carbons (Fsp3) is 0.833. The van der Waals surface area contributed by atoms with Crippen LogP contribution in [-0.2, 0) is 9.53 Å². The zero-order valence-electron chi connectivity index (χ0n) is 11.5. The van der Waals surface area contributed by atoms with E-state index < -0.39 is 5.54 Å². The van der Waals surface area contributed by atoms with Crippen LogP contribution in [0.2, 0.25) is 0 Å². The van der Waals surface area contributed by atoms with Gasteiger partial charge in [-0.1, -0.05) is 11.8 Å². The van der Waals surface area contributed by atoms with Gasteiger partial charge in [-0.25, -0.2) is 4.68 Å². The van der Waals surface area contributed by atoms with Gasteiger partial charge in [0.2, 0.25) is 5.16 Å². The van der Waals surface area contributed by atoms with Crippen LogP contribution >= 0.6 is 11.8 Å². The first-order chi connectivity index (χ1) is 9.62. The van der Waals surface area contributed by atoms with E-state index in [2.05, 4.69) is 15.5 Å². The summed E-state index contributed by atoms with van der Waals surface area (Å²) in [6, 6.07) is 0.460. The molecule has 0 radical (unpaired) electrons. The predicted octanol–water partition coefficient (Wildman–Crippen LogP) is 0.913. The molecule has 0 saturated heterocycles. The van der Waals surface area contributed by atoms with E-state index in [-0.39, 0.29) is 11.2 Å². The van der Waals surface area contributed by atoms with Gasteiger partial charge in [0.15, 0.2) is 0 Å². The van der Waals surface area contributed by atoms with Crippen LogP contribution in [0.25, 0.3) is 0 Å². The molecule has 0 aliphatic heterocycles. The summed E-state index contributed by atoms with van der Waals surface area (Å²) in [6.45, 7) is 2.17. The first kappa shape index (κ1) is 13.8. The van der Waals surface area contributed by atoms with Crippen LogP contribution in [0.3, 0.4) is 0 Å². The second kappa shape index (κ2) is 5.33. The molecule has 7 nitrogen and oxygen atoms in total. The Bertz CT molecular complexity index is 504. The van der Waals surface area contributed by atoms with Crippen LogP contribution in [-0.4, -0.2) is 43.6 Å². The van der Waals surface area contributed by atoms with Gasteiger partial charge in [-0.2, -0.15) is 0 Å². The predicted molar refractivity (Wildman–Crippen MR) is 73.1 cm³/mol. The molecule has 8 heteroatoms. The Hall–Kier alpha value is -1.15. The van der Waals surface area contributed by atoms with Gasteiger partial charge in [0, 0.05) is 5.25 Å². The Morgan fingerprint density at radius 1 is 1.55 bits per heavy atom. The zero-order chi connectivity index (χ0) is 14.2. The van der Waals surface area contributed by atoms with Crippen molar-refractivity contribution in [2.75, 3.05) is 6.61 Å². The molecule has 2 fully saturated rings. The number of aromatic nitrogens is 4. The Labute approximate surface area is 121 Å². The molecule has 1 heterocycles. The van der Waals surface area contributed by atoms with E-state index in [1.54, 1.807) is 18.7 Å². The molecule has 2 saturated carbocycles. The smallest absolute Gasteiger partial charge is 0.326 e. The van der Waals surface area contributed by atoms with Gasteiger partial charge in [0.1, 0.15) is 5.54 Å². The van der Waals surface area contributed by atoms with Crippen molar-refractivity contribution in [2.24, 2.45) is 5.73 Å². The molecule has 0 bridgehead atoms. The summed E-state index contributed by atoms with van der Waals surface area (Å²) in [6.07, 6.45) is 4.46. The highest BCUT2D eigenvalue weighted by Crippen LogP contribution is 2.42. The fourth-order valence-electron chi connectivity index (χ4n) is 2.55. The monoisotopic (exact) mass is 297 g/mol. The summed E-state index contributed by atoms with van der Waals surface area (Å²) >= 11 is 1.63. The molecule has 1 aromatic heterocycles. The molecule has 1 aromatic rings. The van der Waals surface area contributed by atoms with Crippen molar-refractivity contribution in [1.82, 2.24) is 20.2 Å². The molecule has 0 amide bonds. The average molecular weight is 297 g/mol. The third-order valence-corrected chi connectivity index (χ3v) is 5.03. The van der Waals surface area contributed by atoms with E-state index in [0.29, 0.717) is 25.5 Å². The minimum absolute atomic E-state index is 0.271. The van der Waals surface area contributed by atoms with Gasteiger partial charge >= 0.3 is 5.97 Å². The number of nitrogens with two attached hydrogens (primary N) is 1. The number of thioether (sulfide) groups is 1. The zero-order valence-corrected chi connectivity index (χ0v) is 12.3. The van der Waals surface area contributed by atoms with Gasteiger partial charge in [0.05, 0.1) is 12.6 Å². The van der Waals surface area contributed by atoms with Crippen molar-refractivity contribution in [1.29, 1.82) is 0 Å². The number of carbonyl (C=O) groups excluding carboxylic acids is 1. The first-order valence-electron chi connectivity index (χ1n) is 7.03. The SMILES string of the molecule is CCOC(=O)C1(N)CCC(Sc2nnnn2C2CC2)C1. The number of hydrogen-bond acceptors (Lipinski definition) is 7. The van der Waals surface area contributed by atoms with Crippen LogP contribution in [0.5, 0.6) is 0 Å². The standard InChI is InChI=1S/C12H19N5O2S/c1-2-19-10(18)12(13)6-5-9(7-12)20-11-14-15-16-17(11)8-3-4-8/h8-9H,2-7,13H2,1H3. The van der Waals surface area contributed by atoms with Crippen LogP contribution in [0.1, 0.15) is 45.1 Å².